The number of hydrogen-bond donors (Lipinski definition) is 1. The maximum atomic E-state index is 6.30. The molecule has 2 nitrogen and oxygen atoms in total. The lowest BCUT2D eigenvalue weighted by Crippen LogP contribution is -2.29. The monoisotopic (exact) mass is 303 g/mol. The number of rotatable bonds is 7. The standard InChI is InChI=1S/C18H22ClNO/c1-3-14(2)20-11-12-21-18-10-9-16(13-17(18)19)15-7-5-4-6-8-15/h4-10,13-14,20H,3,11-12H2,1-2H3. The molecule has 0 bridgehead atoms. The summed E-state index contributed by atoms with van der Waals surface area (Å²) in [4.78, 5) is 0. The summed E-state index contributed by atoms with van der Waals surface area (Å²) in [7, 11) is 0. The minimum absolute atomic E-state index is 0.518. The van der Waals surface area contributed by atoms with E-state index >= 15 is 0 Å². The lowest BCUT2D eigenvalue weighted by molar-refractivity contribution is 0.306. The predicted molar refractivity (Wildman–Crippen MR) is 90.1 cm³/mol. The highest BCUT2D eigenvalue weighted by molar-refractivity contribution is 6.32. The Morgan fingerprint density at radius 2 is 1.86 bits per heavy atom. The molecule has 21 heavy (non-hydrogen) atoms. The van der Waals surface area contributed by atoms with Crippen LogP contribution < -0.4 is 10.1 Å². The summed E-state index contributed by atoms with van der Waals surface area (Å²) in [5.74, 6) is 0.738. The fourth-order valence-corrected chi connectivity index (χ4v) is 2.27. The van der Waals surface area contributed by atoms with Gasteiger partial charge < -0.3 is 10.1 Å². The summed E-state index contributed by atoms with van der Waals surface area (Å²) in [5.41, 5.74) is 2.26. The highest BCUT2D eigenvalue weighted by Crippen LogP contribution is 2.30. The zero-order chi connectivity index (χ0) is 15.1. The molecule has 0 saturated heterocycles. The van der Waals surface area contributed by atoms with Gasteiger partial charge in [-0.3, -0.25) is 0 Å². The molecule has 0 spiro atoms. The second kappa shape index (κ2) is 8.06. The third-order valence-electron chi connectivity index (χ3n) is 3.50. The number of nitrogens with one attached hydrogen (secondary N) is 1. The molecule has 0 aliphatic rings. The van der Waals surface area contributed by atoms with Crippen molar-refractivity contribution in [3.8, 4) is 16.9 Å². The summed E-state index contributed by atoms with van der Waals surface area (Å²) < 4.78 is 5.73. The first-order valence-corrected chi connectivity index (χ1v) is 7.79. The van der Waals surface area contributed by atoms with Gasteiger partial charge in [-0.15, -0.1) is 0 Å². The molecule has 1 atom stereocenters. The number of halogens is 1. The molecule has 1 unspecified atom stereocenters. The van der Waals surface area contributed by atoms with Gasteiger partial charge in [0.25, 0.3) is 0 Å². The highest BCUT2D eigenvalue weighted by Gasteiger charge is 2.05. The van der Waals surface area contributed by atoms with E-state index in [-0.39, 0.29) is 0 Å². The molecule has 2 aromatic carbocycles. The Labute approximate surface area is 132 Å². The van der Waals surface area contributed by atoms with Gasteiger partial charge >= 0.3 is 0 Å². The second-order valence-electron chi connectivity index (χ2n) is 5.12. The molecule has 0 aliphatic carbocycles. The van der Waals surface area contributed by atoms with E-state index in [0.717, 1.165) is 29.8 Å². The van der Waals surface area contributed by atoms with Crippen molar-refractivity contribution in [3.63, 3.8) is 0 Å². The average molecular weight is 304 g/mol. The summed E-state index contributed by atoms with van der Waals surface area (Å²) in [6, 6.07) is 16.6. The largest absolute Gasteiger partial charge is 0.491 e. The highest BCUT2D eigenvalue weighted by atomic mass is 35.5. The Balaban J connectivity index is 1.94. The summed E-state index contributed by atoms with van der Waals surface area (Å²) in [5, 5.41) is 4.04. The molecule has 3 heteroatoms. The lowest BCUT2D eigenvalue weighted by Gasteiger charge is -2.13. The van der Waals surface area contributed by atoms with E-state index in [2.05, 4.69) is 31.3 Å². The summed E-state index contributed by atoms with van der Waals surface area (Å²) >= 11 is 6.30. The van der Waals surface area contributed by atoms with Gasteiger partial charge in [-0.05, 0) is 36.6 Å². The van der Waals surface area contributed by atoms with Gasteiger partial charge in [-0.25, -0.2) is 0 Å². The maximum absolute atomic E-state index is 6.30. The fraction of sp³-hybridized carbons (Fsp3) is 0.333. The SMILES string of the molecule is CCC(C)NCCOc1ccc(-c2ccccc2)cc1Cl. The first kappa shape index (κ1) is 15.9. The molecule has 2 rings (SSSR count). The van der Waals surface area contributed by atoms with Crippen molar-refractivity contribution in [2.75, 3.05) is 13.2 Å². The van der Waals surface area contributed by atoms with Crippen molar-refractivity contribution in [3.05, 3.63) is 53.6 Å². The van der Waals surface area contributed by atoms with Gasteiger partial charge in [-0.1, -0.05) is 54.9 Å². The average Bonchev–Trinajstić information content (AvgIpc) is 2.53. The number of hydrogen-bond acceptors (Lipinski definition) is 2. The molecule has 2 aromatic rings. The topological polar surface area (TPSA) is 21.3 Å². The van der Waals surface area contributed by atoms with Crippen molar-refractivity contribution < 1.29 is 4.74 Å². The molecule has 112 valence electrons. The first-order chi connectivity index (χ1) is 10.2. The van der Waals surface area contributed by atoms with Gasteiger partial charge in [0.1, 0.15) is 12.4 Å². The van der Waals surface area contributed by atoms with Crippen molar-refractivity contribution in [1.82, 2.24) is 5.32 Å². The molecule has 0 heterocycles. The molecule has 0 amide bonds. The van der Waals surface area contributed by atoms with Crippen LogP contribution in [0.4, 0.5) is 0 Å². The smallest absolute Gasteiger partial charge is 0.137 e. The Morgan fingerprint density at radius 3 is 2.52 bits per heavy atom. The Kier molecular flexibility index (Phi) is 6.09. The van der Waals surface area contributed by atoms with Crippen LogP contribution in [0.3, 0.4) is 0 Å². The molecule has 0 aromatic heterocycles. The summed E-state index contributed by atoms with van der Waals surface area (Å²) in [6.45, 7) is 5.78. The Bertz CT molecular complexity index is 556. The maximum Gasteiger partial charge on any atom is 0.137 e. The van der Waals surface area contributed by atoms with Crippen LogP contribution in [-0.2, 0) is 0 Å². The van der Waals surface area contributed by atoms with Gasteiger partial charge in [-0.2, -0.15) is 0 Å². The minimum Gasteiger partial charge on any atom is -0.491 e. The van der Waals surface area contributed by atoms with E-state index in [4.69, 9.17) is 16.3 Å². The fourth-order valence-electron chi connectivity index (χ4n) is 2.04. The molecule has 0 fully saturated rings. The molecule has 1 N–H and O–H groups in total. The third kappa shape index (κ3) is 4.76. The second-order valence-corrected chi connectivity index (χ2v) is 5.53. The van der Waals surface area contributed by atoms with Crippen LogP contribution in [0.2, 0.25) is 5.02 Å². The summed E-state index contributed by atoms with van der Waals surface area (Å²) in [6.07, 6.45) is 1.12. The number of ether oxygens (including phenoxy) is 1. The minimum atomic E-state index is 0.518. The zero-order valence-corrected chi connectivity index (χ0v) is 13.4. The normalized spacial score (nSPS) is 12.1. The lowest BCUT2D eigenvalue weighted by atomic mass is 10.1. The zero-order valence-electron chi connectivity index (χ0n) is 12.6. The van der Waals surface area contributed by atoms with Crippen molar-refractivity contribution >= 4 is 11.6 Å². The predicted octanol–water partition coefficient (Wildman–Crippen LogP) is 4.77. The van der Waals surface area contributed by atoms with Crippen LogP contribution in [0.1, 0.15) is 20.3 Å². The van der Waals surface area contributed by atoms with E-state index < -0.39 is 0 Å². The van der Waals surface area contributed by atoms with Gasteiger partial charge in [0, 0.05) is 12.6 Å². The van der Waals surface area contributed by atoms with Gasteiger partial charge in [0.15, 0.2) is 0 Å². The van der Waals surface area contributed by atoms with E-state index in [1.54, 1.807) is 0 Å². The van der Waals surface area contributed by atoms with E-state index in [1.807, 2.05) is 36.4 Å². The van der Waals surface area contributed by atoms with E-state index in [0.29, 0.717) is 17.7 Å². The molecule has 0 radical (unpaired) electrons. The van der Waals surface area contributed by atoms with Crippen LogP contribution in [0.15, 0.2) is 48.5 Å². The third-order valence-corrected chi connectivity index (χ3v) is 3.80. The van der Waals surface area contributed by atoms with Crippen molar-refractivity contribution in [2.45, 2.75) is 26.3 Å². The first-order valence-electron chi connectivity index (χ1n) is 7.42. The van der Waals surface area contributed by atoms with E-state index in [1.165, 1.54) is 0 Å². The Hall–Kier alpha value is -1.51. The quantitative estimate of drug-likeness (QED) is 0.744. The van der Waals surface area contributed by atoms with Crippen molar-refractivity contribution in [1.29, 1.82) is 0 Å². The van der Waals surface area contributed by atoms with Gasteiger partial charge in [0.2, 0.25) is 0 Å². The van der Waals surface area contributed by atoms with E-state index in [9.17, 15) is 0 Å². The van der Waals surface area contributed by atoms with Crippen LogP contribution in [0.5, 0.6) is 5.75 Å². The molecule has 0 aliphatic heterocycles. The molecular weight excluding hydrogens is 282 g/mol. The van der Waals surface area contributed by atoms with Crippen molar-refractivity contribution in [2.24, 2.45) is 0 Å². The Morgan fingerprint density at radius 1 is 1.10 bits per heavy atom. The number of benzene rings is 2. The van der Waals surface area contributed by atoms with Crippen LogP contribution in [0, 0.1) is 0 Å². The van der Waals surface area contributed by atoms with Gasteiger partial charge in [0.05, 0.1) is 5.02 Å². The van der Waals surface area contributed by atoms with Crippen LogP contribution in [-0.4, -0.2) is 19.2 Å². The van der Waals surface area contributed by atoms with Crippen LogP contribution in [0.25, 0.3) is 11.1 Å². The molecular formula is C18H22ClNO. The van der Waals surface area contributed by atoms with Crippen LogP contribution >= 0.6 is 11.6 Å². The molecule has 0 saturated carbocycles.